The summed E-state index contributed by atoms with van der Waals surface area (Å²) >= 11 is 0. The van der Waals surface area contributed by atoms with E-state index < -0.39 is 20.8 Å². The highest BCUT2D eigenvalue weighted by atomic mass is 32.2. The average molecular weight is 487 g/mol. The van der Waals surface area contributed by atoms with Gasteiger partial charge in [0.05, 0.1) is 0 Å². The first-order valence-corrected chi connectivity index (χ1v) is 13.2. The molecule has 0 aliphatic carbocycles. The lowest BCUT2D eigenvalue weighted by Crippen LogP contribution is -2.10. The molecule has 3 atom stereocenters. The van der Waals surface area contributed by atoms with Crippen molar-refractivity contribution in [3.05, 3.63) is 131 Å². The number of phenolic OH excluding ortho intramolecular Hbond substituents is 1. The van der Waals surface area contributed by atoms with Crippen LogP contribution in [0.3, 0.4) is 0 Å². The monoisotopic (exact) mass is 486 g/mol. The Morgan fingerprint density at radius 2 is 1.17 bits per heavy atom. The molecule has 0 aliphatic heterocycles. The Bertz CT molecular complexity index is 1370. The Hall–Kier alpha value is -3.41. The van der Waals surface area contributed by atoms with Crippen molar-refractivity contribution >= 4 is 10.1 Å². The first-order chi connectivity index (χ1) is 16.8. The number of hydrogen-bond acceptors (Lipinski definition) is 3. The molecule has 0 radical (unpaired) electrons. The summed E-state index contributed by atoms with van der Waals surface area (Å²) in [4.78, 5) is -0.457. The highest BCUT2D eigenvalue weighted by Gasteiger charge is 2.27. The van der Waals surface area contributed by atoms with Crippen LogP contribution in [0.4, 0.5) is 0 Å². The first kappa shape index (κ1) is 24.7. The van der Waals surface area contributed by atoms with Crippen LogP contribution in [-0.2, 0) is 10.1 Å². The highest BCUT2D eigenvalue weighted by molar-refractivity contribution is 7.86. The van der Waals surface area contributed by atoms with E-state index in [1.54, 1.807) is 0 Å². The van der Waals surface area contributed by atoms with Crippen molar-refractivity contribution in [3.8, 4) is 5.75 Å². The van der Waals surface area contributed by atoms with Gasteiger partial charge in [-0.25, -0.2) is 0 Å². The topological polar surface area (TPSA) is 74.6 Å². The molecule has 0 spiro atoms. The molecule has 2 N–H and O–H groups in total. The zero-order chi connectivity index (χ0) is 25.0. The lowest BCUT2D eigenvalue weighted by molar-refractivity contribution is 0.435. The van der Waals surface area contributed by atoms with E-state index in [1.165, 1.54) is 11.6 Å². The minimum Gasteiger partial charge on any atom is -0.506 e. The summed E-state index contributed by atoms with van der Waals surface area (Å²) < 4.78 is 34.6. The summed E-state index contributed by atoms with van der Waals surface area (Å²) in [6.07, 6.45) is 0.725. The summed E-state index contributed by atoms with van der Waals surface area (Å²) in [5, 5.41) is 11.0. The number of benzene rings is 4. The summed E-state index contributed by atoms with van der Waals surface area (Å²) in [7, 11) is -4.64. The van der Waals surface area contributed by atoms with Crippen LogP contribution in [0.15, 0.2) is 108 Å². The van der Waals surface area contributed by atoms with Crippen molar-refractivity contribution < 1.29 is 18.1 Å². The smallest absolute Gasteiger partial charge is 0.298 e. The predicted octanol–water partition coefficient (Wildman–Crippen LogP) is 7.12. The zero-order valence-corrected chi connectivity index (χ0v) is 20.7. The fourth-order valence-electron chi connectivity index (χ4n) is 4.72. The zero-order valence-electron chi connectivity index (χ0n) is 19.9. The van der Waals surface area contributed by atoms with Crippen molar-refractivity contribution in [1.82, 2.24) is 0 Å². The maximum atomic E-state index is 12.3. The van der Waals surface area contributed by atoms with Gasteiger partial charge in [-0.2, -0.15) is 8.42 Å². The molecule has 0 saturated heterocycles. The molecule has 4 rings (SSSR count). The van der Waals surface area contributed by atoms with Crippen LogP contribution in [0, 0.1) is 0 Å². The number of phenols is 1. The van der Waals surface area contributed by atoms with E-state index in [0.717, 1.165) is 23.1 Å². The predicted molar refractivity (Wildman–Crippen MR) is 140 cm³/mol. The molecule has 0 heterocycles. The van der Waals surface area contributed by atoms with Gasteiger partial charge in [-0.05, 0) is 40.7 Å². The Kier molecular flexibility index (Phi) is 7.39. The number of hydrogen-bond donors (Lipinski definition) is 2. The highest BCUT2D eigenvalue weighted by Crippen LogP contribution is 2.42. The molecule has 5 heteroatoms. The second kappa shape index (κ2) is 10.5. The van der Waals surface area contributed by atoms with Crippen molar-refractivity contribution in [2.75, 3.05) is 0 Å². The van der Waals surface area contributed by atoms with Crippen molar-refractivity contribution in [2.45, 2.75) is 42.9 Å². The minimum absolute atomic E-state index is 0.144. The van der Waals surface area contributed by atoms with E-state index in [-0.39, 0.29) is 17.8 Å². The Labute approximate surface area is 207 Å². The molecule has 0 fully saturated rings. The largest absolute Gasteiger partial charge is 0.506 e. The average Bonchev–Trinajstić information content (AvgIpc) is 2.88. The molecule has 4 aromatic carbocycles. The molecule has 180 valence electrons. The van der Waals surface area contributed by atoms with Crippen molar-refractivity contribution in [1.29, 1.82) is 0 Å². The van der Waals surface area contributed by atoms with Gasteiger partial charge in [0.25, 0.3) is 10.1 Å². The van der Waals surface area contributed by atoms with E-state index in [2.05, 4.69) is 19.1 Å². The van der Waals surface area contributed by atoms with Crippen molar-refractivity contribution in [2.24, 2.45) is 0 Å². The summed E-state index contributed by atoms with van der Waals surface area (Å²) in [5.74, 6) is -0.635. The molecule has 0 aliphatic rings. The molecular weight excluding hydrogens is 456 g/mol. The third kappa shape index (κ3) is 5.64. The Balaban J connectivity index is 1.87. The van der Waals surface area contributed by atoms with E-state index in [9.17, 15) is 18.1 Å². The van der Waals surface area contributed by atoms with Crippen LogP contribution in [0.1, 0.15) is 65.8 Å². The summed E-state index contributed by atoms with van der Waals surface area (Å²) in [6, 6.07) is 33.1. The number of aromatic hydroxyl groups is 1. The van der Waals surface area contributed by atoms with Gasteiger partial charge in [-0.3, -0.25) is 4.55 Å². The van der Waals surface area contributed by atoms with Gasteiger partial charge in [0.1, 0.15) is 10.6 Å². The van der Waals surface area contributed by atoms with E-state index >= 15 is 0 Å². The van der Waals surface area contributed by atoms with Crippen molar-refractivity contribution in [3.63, 3.8) is 0 Å². The van der Waals surface area contributed by atoms with Gasteiger partial charge in [-0.1, -0.05) is 111 Å². The van der Waals surface area contributed by atoms with Gasteiger partial charge in [0, 0.05) is 17.4 Å². The van der Waals surface area contributed by atoms with Crippen LogP contribution in [0.5, 0.6) is 5.75 Å². The molecular formula is C30H30O4S. The van der Waals surface area contributed by atoms with E-state index in [4.69, 9.17) is 0 Å². The van der Waals surface area contributed by atoms with Gasteiger partial charge in [-0.15, -0.1) is 0 Å². The SMILES string of the molecule is CC(CC(c1ccccc1)c1cc(C(C)c2ccccc2)c(O)c(S(=O)(=O)O)c1)c1ccccc1. The van der Waals surface area contributed by atoms with Crippen LogP contribution in [0.2, 0.25) is 0 Å². The first-order valence-electron chi connectivity index (χ1n) is 11.7. The molecule has 4 aromatic rings. The molecule has 3 unspecified atom stereocenters. The second-order valence-electron chi connectivity index (χ2n) is 9.08. The van der Waals surface area contributed by atoms with Gasteiger partial charge < -0.3 is 5.11 Å². The van der Waals surface area contributed by atoms with E-state index in [1.807, 2.05) is 91.9 Å². The van der Waals surface area contributed by atoms with Crippen LogP contribution in [0.25, 0.3) is 0 Å². The molecule has 0 aromatic heterocycles. The fraction of sp³-hybridized carbons (Fsp3) is 0.200. The summed E-state index contributed by atoms with van der Waals surface area (Å²) in [5.41, 5.74) is 4.38. The third-order valence-corrected chi connectivity index (χ3v) is 7.60. The molecule has 35 heavy (non-hydrogen) atoms. The third-order valence-electron chi connectivity index (χ3n) is 6.73. The van der Waals surface area contributed by atoms with Crippen LogP contribution in [-0.4, -0.2) is 18.1 Å². The van der Waals surface area contributed by atoms with Gasteiger partial charge >= 0.3 is 0 Å². The second-order valence-corrected chi connectivity index (χ2v) is 10.5. The minimum atomic E-state index is -4.64. The van der Waals surface area contributed by atoms with Crippen LogP contribution < -0.4 is 0 Å². The molecule has 0 bridgehead atoms. The van der Waals surface area contributed by atoms with Gasteiger partial charge in [0.15, 0.2) is 0 Å². The lowest BCUT2D eigenvalue weighted by atomic mass is 9.80. The van der Waals surface area contributed by atoms with Crippen LogP contribution >= 0.6 is 0 Å². The Morgan fingerprint density at radius 1 is 0.686 bits per heavy atom. The standard InChI is InChI=1S/C30H30O4S/c1-21(23-12-6-3-7-13-23)18-28(25-16-10-5-11-17-25)26-19-27(22(2)24-14-8-4-9-15-24)30(31)29(20-26)35(32,33)34/h3-17,19-22,28,31H,18H2,1-2H3,(H,32,33,34). The summed E-state index contributed by atoms with van der Waals surface area (Å²) in [6.45, 7) is 4.08. The maximum absolute atomic E-state index is 12.3. The molecule has 0 amide bonds. The normalized spacial score (nSPS) is 14.3. The Morgan fingerprint density at radius 3 is 1.69 bits per heavy atom. The molecule has 0 saturated carbocycles. The molecule has 4 nitrogen and oxygen atoms in total. The fourth-order valence-corrected chi connectivity index (χ4v) is 5.37. The van der Waals surface area contributed by atoms with Gasteiger partial charge in [0.2, 0.25) is 0 Å². The quantitative estimate of drug-likeness (QED) is 0.260. The number of rotatable bonds is 8. The lowest BCUT2D eigenvalue weighted by Gasteiger charge is -2.25. The maximum Gasteiger partial charge on any atom is 0.298 e. The van der Waals surface area contributed by atoms with E-state index in [0.29, 0.717) is 5.56 Å².